The molecule has 0 N–H and O–H groups in total. The molecule has 0 aliphatic rings. The first-order chi connectivity index (χ1) is 11.2. The number of nitrogens with zero attached hydrogens (tertiary/aromatic N) is 3. The van der Waals surface area contributed by atoms with Crippen LogP contribution >= 0.6 is 22.7 Å². The maximum atomic E-state index is 12.0. The van der Waals surface area contributed by atoms with E-state index in [4.69, 9.17) is 4.74 Å². The zero-order chi connectivity index (χ0) is 16.2. The van der Waals surface area contributed by atoms with Gasteiger partial charge in [-0.2, -0.15) is 4.99 Å². The first-order valence-corrected chi connectivity index (χ1v) is 8.68. The zero-order valence-corrected chi connectivity index (χ0v) is 14.4. The molecule has 0 atom stereocenters. The molecule has 118 valence electrons. The van der Waals surface area contributed by atoms with Crippen LogP contribution in [0.1, 0.15) is 5.69 Å². The van der Waals surface area contributed by atoms with E-state index in [0.29, 0.717) is 4.80 Å². The Morgan fingerprint density at radius 1 is 1.30 bits per heavy atom. The molecule has 3 aromatic rings. The van der Waals surface area contributed by atoms with Gasteiger partial charge in [-0.25, -0.2) is 4.98 Å². The van der Waals surface area contributed by atoms with E-state index < -0.39 is 0 Å². The summed E-state index contributed by atoms with van der Waals surface area (Å²) in [5.74, 6) is 0.623. The second-order valence-electron chi connectivity index (χ2n) is 4.85. The van der Waals surface area contributed by atoms with Gasteiger partial charge in [0, 0.05) is 29.6 Å². The smallest absolute Gasteiger partial charge is 0.254 e. The number of benzene rings is 1. The summed E-state index contributed by atoms with van der Waals surface area (Å²) in [6, 6.07) is 7.71. The summed E-state index contributed by atoms with van der Waals surface area (Å²) < 4.78 is 6.97. The lowest BCUT2D eigenvalue weighted by molar-refractivity contribution is -0.117. The Morgan fingerprint density at radius 2 is 2.09 bits per heavy atom. The fourth-order valence-electron chi connectivity index (χ4n) is 1.99. The van der Waals surface area contributed by atoms with Crippen molar-refractivity contribution >= 4 is 28.6 Å². The van der Waals surface area contributed by atoms with Crippen LogP contribution in [0.2, 0.25) is 0 Å². The van der Waals surface area contributed by atoms with Gasteiger partial charge in [0.15, 0.2) is 4.80 Å². The first-order valence-electron chi connectivity index (χ1n) is 6.92. The standard InChI is InChI=1S/C16H15N3O2S2/c1-19-7-8-22-16(19)18-14(20)9-12-10-23-15(17-12)11-3-5-13(21-2)6-4-11/h3-8,10H,9H2,1-2H3. The minimum atomic E-state index is -0.186. The van der Waals surface area contributed by atoms with E-state index in [2.05, 4.69) is 9.98 Å². The molecule has 0 saturated heterocycles. The second-order valence-corrected chi connectivity index (χ2v) is 6.58. The monoisotopic (exact) mass is 345 g/mol. The summed E-state index contributed by atoms with van der Waals surface area (Å²) in [6.07, 6.45) is 2.09. The molecule has 23 heavy (non-hydrogen) atoms. The second kappa shape index (κ2) is 6.89. The molecule has 1 amide bonds. The third-order valence-corrected chi connectivity index (χ3v) is 4.99. The number of aryl methyl sites for hydroxylation is 1. The van der Waals surface area contributed by atoms with E-state index in [-0.39, 0.29) is 12.3 Å². The van der Waals surface area contributed by atoms with Gasteiger partial charge in [0.2, 0.25) is 0 Å². The van der Waals surface area contributed by atoms with Gasteiger partial charge in [0.1, 0.15) is 10.8 Å². The predicted octanol–water partition coefficient (Wildman–Crippen LogP) is 2.89. The van der Waals surface area contributed by atoms with Gasteiger partial charge in [-0.1, -0.05) is 0 Å². The van der Waals surface area contributed by atoms with Crippen LogP contribution in [0.5, 0.6) is 5.75 Å². The van der Waals surface area contributed by atoms with Crippen LogP contribution in [-0.4, -0.2) is 22.6 Å². The lowest BCUT2D eigenvalue weighted by Gasteiger charge is -2.00. The van der Waals surface area contributed by atoms with Crippen molar-refractivity contribution in [3.63, 3.8) is 0 Å². The number of carbonyl (C=O) groups excluding carboxylic acids is 1. The molecule has 0 spiro atoms. The van der Waals surface area contributed by atoms with Crippen LogP contribution in [-0.2, 0) is 18.3 Å². The minimum Gasteiger partial charge on any atom is -0.497 e. The molecule has 2 heterocycles. The summed E-state index contributed by atoms with van der Waals surface area (Å²) in [5.41, 5.74) is 1.75. The largest absolute Gasteiger partial charge is 0.497 e. The summed E-state index contributed by atoms with van der Waals surface area (Å²) in [7, 11) is 3.51. The average molecular weight is 345 g/mol. The minimum absolute atomic E-state index is 0.186. The highest BCUT2D eigenvalue weighted by Gasteiger charge is 2.09. The number of amides is 1. The molecule has 0 unspecified atom stereocenters. The molecular formula is C16H15N3O2S2. The Hall–Kier alpha value is -2.25. The van der Waals surface area contributed by atoms with Gasteiger partial charge in [0.05, 0.1) is 19.2 Å². The Labute approximate surface area is 141 Å². The van der Waals surface area contributed by atoms with Crippen molar-refractivity contribution in [2.24, 2.45) is 12.0 Å². The lowest BCUT2D eigenvalue weighted by Crippen LogP contribution is -2.13. The van der Waals surface area contributed by atoms with E-state index in [9.17, 15) is 4.79 Å². The molecule has 0 aliphatic heterocycles. The highest BCUT2D eigenvalue weighted by atomic mass is 32.1. The molecular weight excluding hydrogens is 330 g/mol. The highest BCUT2D eigenvalue weighted by molar-refractivity contribution is 7.13. The van der Waals surface area contributed by atoms with Crippen molar-refractivity contribution in [3.05, 3.63) is 51.7 Å². The molecule has 7 heteroatoms. The normalized spacial score (nSPS) is 11.7. The van der Waals surface area contributed by atoms with Gasteiger partial charge in [-0.3, -0.25) is 4.79 Å². The molecule has 0 radical (unpaired) electrons. The Morgan fingerprint density at radius 3 is 2.74 bits per heavy atom. The van der Waals surface area contributed by atoms with E-state index in [1.165, 1.54) is 22.7 Å². The maximum absolute atomic E-state index is 12.0. The first kappa shape index (κ1) is 15.6. The molecule has 1 aromatic carbocycles. The predicted molar refractivity (Wildman–Crippen MR) is 91.7 cm³/mol. The summed E-state index contributed by atoms with van der Waals surface area (Å²) in [4.78, 5) is 21.4. The quantitative estimate of drug-likeness (QED) is 0.730. The van der Waals surface area contributed by atoms with Gasteiger partial charge < -0.3 is 9.30 Å². The van der Waals surface area contributed by atoms with Crippen molar-refractivity contribution in [2.45, 2.75) is 6.42 Å². The van der Waals surface area contributed by atoms with Gasteiger partial charge in [0.25, 0.3) is 5.91 Å². The molecule has 0 saturated carbocycles. The number of rotatable bonds is 4. The Kier molecular flexibility index (Phi) is 4.68. The van der Waals surface area contributed by atoms with Crippen molar-refractivity contribution in [3.8, 4) is 16.3 Å². The van der Waals surface area contributed by atoms with Crippen LogP contribution < -0.4 is 9.54 Å². The summed E-state index contributed by atoms with van der Waals surface area (Å²) in [5, 5.41) is 4.69. The van der Waals surface area contributed by atoms with E-state index in [0.717, 1.165) is 22.0 Å². The van der Waals surface area contributed by atoms with E-state index in [1.54, 1.807) is 7.11 Å². The summed E-state index contributed by atoms with van der Waals surface area (Å²) in [6.45, 7) is 0. The van der Waals surface area contributed by atoms with Crippen LogP contribution in [0.15, 0.2) is 46.2 Å². The molecule has 2 aromatic heterocycles. The number of hydrogen-bond acceptors (Lipinski definition) is 5. The molecule has 0 fully saturated rings. The Balaban J connectivity index is 1.74. The van der Waals surface area contributed by atoms with Crippen molar-refractivity contribution in [2.75, 3.05) is 7.11 Å². The van der Waals surface area contributed by atoms with E-state index >= 15 is 0 Å². The van der Waals surface area contributed by atoms with Gasteiger partial charge >= 0.3 is 0 Å². The third-order valence-electron chi connectivity index (χ3n) is 3.20. The Bertz CT molecular complexity index is 875. The van der Waals surface area contributed by atoms with Gasteiger partial charge in [-0.15, -0.1) is 22.7 Å². The van der Waals surface area contributed by atoms with Crippen molar-refractivity contribution < 1.29 is 9.53 Å². The lowest BCUT2D eigenvalue weighted by atomic mass is 10.2. The molecule has 5 nitrogen and oxygen atoms in total. The van der Waals surface area contributed by atoms with Crippen LogP contribution in [0.4, 0.5) is 0 Å². The fourth-order valence-corrected chi connectivity index (χ4v) is 3.56. The van der Waals surface area contributed by atoms with Gasteiger partial charge in [-0.05, 0) is 24.3 Å². The SMILES string of the molecule is COc1ccc(-c2nc(CC(=O)N=c3sccn3C)cs2)cc1. The molecule has 0 aliphatic carbocycles. The molecule has 0 bridgehead atoms. The van der Waals surface area contributed by atoms with Crippen molar-refractivity contribution in [1.82, 2.24) is 9.55 Å². The van der Waals surface area contributed by atoms with Crippen LogP contribution in [0, 0.1) is 0 Å². The molecule has 3 rings (SSSR count). The zero-order valence-electron chi connectivity index (χ0n) is 12.7. The van der Waals surface area contributed by atoms with E-state index in [1.807, 2.05) is 52.8 Å². The average Bonchev–Trinajstić information content (AvgIpc) is 3.17. The maximum Gasteiger partial charge on any atom is 0.254 e. The number of carbonyl (C=O) groups is 1. The summed E-state index contributed by atoms with van der Waals surface area (Å²) >= 11 is 2.96. The van der Waals surface area contributed by atoms with Crippen molar-refractivity contribution in [1.29, 1.82) is 0 Å². The number of methoxy groups -OCH3 is 1. The van der Waals surface area contributed by atoms with Crippen LogP contribution in [0.3, 0.4) is 0 Å². The number of hydrogen-bond donors (Lipinski definition) is 0. The topological polar surface area (TPSA) is 56.5 Å². The number of aromatic nitrogens is 2. The highest BCUT2D eigenvalue weighted by Crippen LogP contribution is 2.25. The third kappa shape index (κ3) is 3.75. The fraction of sp³-hybridized carbons (Fsp3) is 0.188. The number of thiazole rings is 2. The van der Waals surface area contributed by atoms with Crippen LogP contribution in [0.25, 0.3) is 10.6 Å². The number of ether oxygens (including phenoxy) is 1.